The zero-order chi connectivity index (χ0) is 37.0. The van der Waals surface area contributed by atoms with Crippen LogP contribution in [0.4, 0.5) is 0 Å². The molecule has 0 saturated carbocycles. The topological polar surface area (TPSA) is 38.7 Å². The summed E-state index contributed by atoms with van der Waals surface area (Å²) in [7, 11) is 0. The van der Waals surface area contributed by atoms with Gasteiger partial charge in [-0.2, -0.15) is 0 Å². The summed E-state index contributed by atoms with van der Waals surface area (Å²) >= 11 is 3.72. The third kappa shape index (κ3) is 5.60. The molecule has 8 aromatic carbocycles. The molecule has 0 aliphatic heterocycles. The molecule has 0 fully saturated rings. The Balaban J connectivity index is 1.13. The number of fused-ring (bicyclic) bond motifs is 6. The average Bonchev–Trinajstić information content (AvgIpc) is 3.86. The first-order valence-corrected chi connectivity index (χ1v) is 20.3. The van der Waals surface area contributed by atoms with Crippen molar-refractivity contribution in [2.45, 2.75) is 0 Å². The lowest BCUT2D eigenvalue weighted by Crippen LogP contribution is -2.00. The maximum Gasteiger partial charge on any atom is 0.164 e. The molecule has 3 aromatic heterocycles. The van der Waals surface area contributed by atoms with Gasteiger partial charge < -0.3 is 0 Å². The Hall–Kier alpha value is -6.79. The van der Waals surface area contributed by atoms with Crippen LogP contribution in [0.3, 0.4) is 0 Å². The number of rotatable bonds is 6. The first kappa shape index (κ1) is 32.6. The molecular formula is C51H31N3S2. The van der Waals surface area contributed by atoms with E-state index in [0.29, 0.717) is 17.5 Å². The van der Waals surface area contributed by atoms with Gasteiger partial charge in [0.25, 0.3) is 0 Å². The van der Waals surface area contributed by atoms with E-state index in [1.807, 2.05) is 46.9 Å². The predicted molar refractivity (Wildman–Crippen MR) is 238 cm³/mol. The van der Waals surface area contributed by atoms with Crippen LogP contribution in [0.15, 0.2) is 188 Å². The van der Waals surface area contributed by atoms with Crippen LogP contribution < -0.4 is 0 Å². The fourth-order valence-corrected chi connectivity index (χ4v) is 10.3. The summed E-state index contributed by atoms with van der Waals surface area (Å²) in [5, 5.41) is 4.96. The maximum atomic E-state index is 5.25. The molecule has 0 unspecified atom stereocenters. The Morgan fingerprint density at radius 3 is 1.59 bits per heavy atom. The second-order valence-electron chi connectivity index (χ2n) is 13.9. The zero-order valence-corrected chi connectivity index (χ0v) is 31.7. The molecular weight excluding hydrogens is 719 g/mol. The van der Waals surface area contributed by atoms with E-state index in [1.165, 1.54) is 57.2 Å². The van der Waals surface area contributed by atoms with Gasteiger partial charge >= 0.3 is 0 Å². The van der Waals surface area contributed by atoms with Crippen molar-refractivity contribution in [3.05, 3.63) is 188 Å². The van der Waals surface area contributed by atoms with Crippen LogP contribution in [0.1, 0.15) is 0 Å². The molecule has 3 heterocycles. The summed E-state index contributed by atoms with van der Waals surface area (Å²) < 4.78 is 5.07. The smallest absolute Gasteiger partial charge is 0.164 e. The van der Waals surface area contributed by atoms with Crippen molar-refractivity contribution in [3.63, 3.8) is 0 Å². The van der Waals surface area contributed by atoms with Crippen LogP contribution in [0, 0.1) is 0 Å². The third-order valence-electron chi connectivity index (χ3n) is 10.5. The SMILES string of the molecule is c1ccc(-c2cccc(-c3nc(-c4ccccc4)nc(-c4cccc5sc6c(-c7cc(-c8ccccc8)cc8c7sc7ccccc78)cccc6c45)n3)c2)cc1. The fourth-order valence-electron chi connectivity index (χ4n) is 7.88. The minimum atomic E-state index is 0.647. The van der Waals surface area contributed by atoms with Crippen molar-refractivity contribution in [3.8, 4) is 67.5 Å². The average molecular weight is 750 g/mol. The fraction of sp³-hybridized carbons (Fsp3) is 0. The van der Waals surface area contributed by atoms with Crippen molar-refractivity contribution in [1.82, 2.24) is 15.0 Å². The van der Waals surface area contributed by atoms with E-state index in [0.717, 1.165) is 33.2 Å². The van der Waals surface area contributed by atoms with E-state index < -0.39 is 0 Å². The molecule has 0 bridgehead atoms. The van der Waals surface area contributed by atoms with E-state index in [4.69, 9.17) is 15.0 Å². The Kier molecular flexibility index (Phi) is 7.87. The highest BCUT2D eigenvalue weighted by Gasteiger charge is 2.21. The molecule has 0 N–H and O–H groups in total. The van der Waals surface area contributed by atoms with Crippen molar-refractivity contribution in [2.24, 2.45) is 0 Å². The van der Waals surface area contributed by atoms with Crippen molar-refractivity contribution in [2.75, 3.05) is 0 Å². The molecule has 0 radical (unpaired) electrons. The van der Waals surface area contributed by atoms with Gasteiger partial charge in [0.05, 0.1) is 0 Å². The molecule has 0 saturated heterocycles. The number of benzene rings is 8. The molecule has 3 nitrogen and oxygen atoms in total. The normalized spacial score (nSPS) is 11.6. The van der Waals surface area contributed by atoms with Gasteiger partial charge in [-0.15, -0.1) is 22.7 Å². The van der Waals surface area contributed by atoms with Gasteiger partial charge in [0.1, 0.15) is 0 Å². The number of thiophene rings is 2. The maximum absolute atomic E-state index is 5.25. The molecule has 11 rings (SSSR count). The second-order valence-corrected chi connectivity index (χ2v) is 16.1. The summed E-state index contributed by atoms with van der Waals surface area (Å²) in [4.78, 5) is 15.5. The molecule has 5 heteroatoms. The molecule has 0 spiro atoms. The highest BCUT2D eigenvalue weighted by atomic mass is 32.1. The van der Waals surface area contributed by atoms with Crippen LogP contribution in [0.5, 0.6) is 0 Å². The second kappa shape index (κ2) is 13.5. The van der Waals surface area contributed by atoms with Crippen molar-refractivity contribution < 1.29 is 0 Å². The quantitative estimate of drug-likeness (QED) is 0.170. The van der Waals surface area contributed by atoms with E-state index >= 15 is 0 Å². The first-order valence-electron chi connectivity index (χ1n) is 18.7. The number of hydrogen-bond acceptors (Lipinski definition) is 5. The Morgan fingerprint density at radius 1 is 0.286 bits per heavy atom. The van der Waals surface area contributed by atoms with E-state index in [-0.39, 0.29) is 0 Å². The zero-order valence-electron chi connectivity index (χ0n) is 30.1. The van der Waals surface area contributed by atoms with Crippen LogP contribution in [-0.4, -0.2) is 15.0 Å². The summed E-state index contributed by atoms with van der Waals surface area (Å²) in [5.74, 6) is 1.96. The van der Waals surface area contributed by atoms with Gasteiger partial charge in [0.15, 0.2) is 17.5 Å². The minimum Gasteiger partial charge on any atom is -0.208 e. The molecule has 0 aliphatic carbocycles. The highest BCUT2D eigenvalue weighted by molar-refractivity contribution is 7.27. The molecule has 0 aliphatic rings. The Labute approximate surface area is 331 Å². The van der Waals surface area contributed by atoms with Gasteiger partial charge in [-0.05, 0) is 52.6 Å². The Morgan fingerprint density at radius 2 is 0.804 bits per heavy atom. The van der Waals surface area contributed by atoms with Crippen LogP contribution in [0.25, 0.3) is 108 Å². The van der Waals surface area contributed by atoms with E-state index in [1.54, 1.807) is 0 Å². The first-order chi connectivity index (χ1) is 27.7. The third-order valence-corrected chi connectivity index (χ3v) is 13.0. The summed E-state index contributed by atoms with van der Waals surface area (Å²) in [6, 6.07) is 66.7. The number of aromatic nitrogens is 3. The predicted octanol–water partition coefficient (Wildman–Crippen LogP) is 14.6. The van der Waals surface area contributed by atoms with Crippen molar-refractivity contribution >= 4 is 63.0 Å². The van der Waals surface area contributed by atoms with Crippen molar-refractivity contribution in [1.29, 1.82) is 0 Å². The molecule has 56 heavy (non-hydrogen) atoms. The van der Waals surface area contributed by atoms with Crippen LogP contribution in [0.2, 0.25) is 0 Å². The Bertz CT molecular complexity index is 3240. The summed E-state index contributed by atoms with van der Waals surface area (Å²) in [5.41, 5.74) is 10.1. The number of nitrogens with zero attached hydrogens (tertiary/aromatic N) is 3. The number of hydrogen-bond donors (Lipinski definition) is 0. The standard InChI is InChI=1S/C51H31N3S2/c1-4-15-32(16-5-1)35-21-12-22-36(29-35)50-52-49(34-19-8-3-9-20-34)53-51(54-50)41-26-14-28-45-46(41)40-25-13-24-39(47(40)56-45)43-31-37(33-17-6-2-7-18-33)30-42-38-23-10-11-27-44(38)55-48(42)43/h1-31H. The molecule has 0 amide bonds. The summed E-state index contributed by atoms with van der Waals surface area (Å²) in [6.07, 6.45) is 0. The van der Waals surface area contributed by atoms with Crippen LogP contribution >= 0.6 is 22.7 Å². The minimum absolute atomic E-state index is 0.647. The highest BCUT2D eigenvalue weighted by Crippen LogP contribution is 2.48. The van der Waals surface area contributed by atoms with Gasteiger partial charge in [-0.25, -0.2) is 15.0 Å². The lowest BCUT2D eigenvalue weighted by molar-refractivity contribution is 1.08. The van der Waals surface area contributed by atoms with Gasteiger partial charge in [-0.1, -0.05) is 158 Å². The monoisotopic (exact) mass is 749 g/mol. The largest absolute Gasteiger partial charge is 0.208 e. The van der Waals surface area contributed by atoms with Gasteiger partial charge in [0.2, 0.25) is 0 Å². The van der Waals surface area contributed by atoms with Crippen LogP contribution in [-0.2, 0) is 0 Å². The molecule has 262 valence electrons. The van der Waals surface area contributed by atoms with Gasteiger partial charge in [0, 0.05) is 68.2 Å². The molecule has 0 atom stereocenters. The molecule has 11 aromatic rings. The lowest BCUT2D eigenvalue weighted by atomic mass is 9.95. The van der Waals surface area contributed by atoms with E-state index in [9.17, 15) is 0 Å². The summed E-state index contributed by atoms with van der Waals surface area (Å²) in [6.45, 7) is 0. The van der Waals surface area contributed by atoms with E-state index in [2.05, 4.69) is 164 Å². The van der Waals surface area contributed by atoms with Gasteiger partial charge in [-0.3, -0.25) is 0 Å². The lowest BCUT2D eigenvalue weighted by Gasteiger charge is -2.11.